The molecule has 406 valence electrons. The van der Waals surface area contributed by atoms with Gasteiger partial charge in [0.25, 0.3) is 0 Å². The maximum atomic E-state index is 13.2. The fourth-order valence-electron chi connectivity index (χ4n) is 9.18. The smallest absolute Gasteiger partial charge is 0.249 e. The maximum Gasteiger partial charge on any atom is 0.249 e. The highest BCUT2D eigenvalue weighted by molar-refractivity contribution is 5.80. The lowest BCUT2D eigenvalue weighted by Gasteiger charge is -2.40. The van der Waals surface area contributed by atoms with Crippen molar-refractivity contribution in [1.29, 1.82) is 0 Å². The van der Waals surface area contributed by atoms with E-state index in [1.54, 1.807) is 0 Å². The zero-order valence-corrected chi connectivity index (χ0v) is 44.3. The largest absolute Gasteiger partial charge is 0.394 e. The van der Waals surface area contributed by atoms with Gasteiger partial charge >= 0.3 is 0 Å². The van der Waals surface area contributed by atoms with Crippen molar-refractivity contribution in [2.24, 2.45) is 0 Å². The molecule has 0 saturated carbocycles. The van der Waals surface area contributed by atoms with E-state index >= 15 is 0 Å². The molecule has 1 amide bonds. The molecule has 1 heterocycles. The summed E-state index contributed by atoms with van der Waals surface area (Å²) in [6.45, 7) is 3.45. The highest BCUT2D eigenvalue weighted by Gasteiger charge is 2.44. The standard InChI is InChI=1S/C58H109NO10/c1-3-5-7-9-11-13-15-17-19-21-22-23-24-25-26-27-28-29-30-32-33-35-37-39-41-43-45-50(61)53(63)49(48-68-58-56(66)55(65)54(64)52(47-60)69-58)59-57(67)51(62)46-44-42-40-38-36-34-31-20-18-16-14-12-10-8-6-4-2/h26-27,30,32,37,39,49-56,58,60-66H,3-25,28-29,31,33-36,38,40-48H2,1-2H3,(H,59,67)/b27-26+,32-30+,39-37+. The predicted octanol–water partition coefficient (Wildman–Crippen LogP) is 11.9. The van der Waals surface area contributed by atoms with Crippen LogP contribution in [0.2, 0.25) is 0 Å². The van der Waals surface area contributed by atoms with Crippen LogP contribution < -0.4 is 5.32 Å². The van der Waals surface area contributed by atoms with Gasteiger partial charge in [-0.15, -0.1) is 0 Å². The second-order valence-electron chi connectivity index (χ2n) is 20.3. The Morgan fingerprint density at radius 3 is 1.29 bits per heavy atom. The molecule has 0 aromatic carbocycles. The molecule has 1 aliphatic heterocycles. The Balaban J connectivity index is 2.35. The monoisotopic (exact) mass is 980 g/mol. The molecule has 0 radical (unpaired) electrons. The van der Waals surface area contributed by atoms with Crippen molar-refractivity contribution in [2.75, 3.05) is 13.2 Å². The third-order valence-corrected chi connectivity index (χ3v) is 13.9. The van der Waals surface area contributed by atoms with Crippen molar-refractivity contribution in [3.05, 3.63) is 36.5 Å². The first-order valence-electron chi connectivity index (χ1n) is 28.9. The lowest BCUT2D eigenvalue weighted by atomic mass is 9.98. The van der Waals surface area contributed by atoms with Gasteiger partial charge in [-0.2, -0.15) is 0 Å². The second kappa shape index (κ2) is 47.3. The number of aliphatic hydroxyl groups excluding tert-OH is 7. The SMILES string of the molecule is CCCCCCCCCCCCCCC/C=C/CC/C=C/CC/C=C/CCCC(O)C(O)C(COC1OC(CO)C(O)C(O)C1O)NC(=O)C(O)CCCCCCCCCCCCCCCCCC. The Labute approximate surface area is 422 Å². The Bertz CT molecular complexity index is 1210. The van der Waals surface area contributed by atoms with Crippen LogP contribution >= 0.6 is 0 Å². The van der Waals surface area contributed by atoms with Crippen LogP contribution in [0.4, 0.5) is 0 Å². The quantitative estimate of drug-likeness (QED) is 0.0215. The van der Waals surface area contributed by atoms with E-state index in [-0.39, 0.29) is 12.8 Å². The van der Waals surface area contributed by atoms with Gasteiger partial charge < -0.3 is 50.5 Å². The lowest BCUT2D eigenvalue weighted by Crippen LogP contribution is -2.60. The van der Waals surface area contributed by atoms with Crippen LogP contribution in [0.3, 0.4) is 0 Å². The van der Waals surface area contributed by atoms with Gasteiger partial charge in [0, 0.05) is 0 Å². The van der Waals surface area contributed by atoms with Crippen LogP contribution in [-0.4, -0.2) is 110 Å². The minimum Gasteiger partial charge on any atom is -0.394 e. The Morgan fingerprint density at radius 2 is 0.870 bits per heavy atom. The molecule has 0 aromatic heterocycles. The van der Waals surface area contributed by atoms with Gasteiger partial charge in [0.15, 0.2) is 6.29 Å². The van der Waals surface area contributed by atoms with Crippen molar-refractivity contribution >= 4 is 5.91 Å². The molecule has 9 unspecified atom stereocenters. The highest BCUT2D eigenvalue weighted by Crippen LogP contribution is 2.23. The molecule has 9 atom stereocenters. The zero-order chi connectivity index (χ0) is 50.4. The summed E-state index contributed by atoms with van der Waals surface area (Å²) in [5.74, 6) is -0.710. The summed E-state index contributed by atoms with van der Waals surface area (Å²) in [6.07, 6.45) is 46.3. The topological polar surface area (TPSA) is 189 Å². The number of rotatable bonds is 49. The molecule has 11 heteroatoms. The van der Waals surface area contributed by atoms with E-state index in [0.717, 1.165) is 44.9 Å². The number of aliphatic hydroxyl groups is 7. The highest BCUT2D eigenvalue weighted by atomic mass is 16.7. The number of amides is 1. The number of carbonyl (C=O) groups is 1. The summed E-state index contributed by atoms with van der Waals surface area (Å²) < 4.78 is 11.1. The molecule has 69 heavy (non-hydrogen) atoms. The third-order valence-electron chi connectivity index (χ3n) is 13.9. The lowest BCUT2D eigenvalue weighted by molar-refractivity contribution is -0.303. The summed E-state index contributed by atoms with van der Waals surface area (Å²) >= 11 is 0. The van der Waals surface area contributed by atoms with E-state index in [9.17, 15) is 40.5 Å². The van der Waals surface area contributed by atoms with E-state index in [0.29, 0.717) is 19.3 Å². The predicted molar refractivity (Wildman–Crippen MR) is 284 cm³/mol. The maximum absolute atomic E-state index is 13.2. The average molecular weight is 981 g/mol. The second-order valence-corrected chi connectivity index (χ2v) is 20.3. The van der Waals surface area contributed by atoms with Crippen molar-refractivity contribution in [2.45, 2.75) is 313 Å². The molecule has 11 nitrogen and oxygen atoms in total. The van der Waals surface area contributed by atoms with E-state index < -0.39 is 74.2 Å². The molecule has 8 N–H and O–H groups in total. The fraction of sp³-hybridized carbons (Fsp3) is 0.879. The number of nitrogens with one attached hydrogen (secondary N) is 1. The first-order chi connectivity index (χ1) is 33.7. The van der Waals surface area contributed by atoms with Crippen molar-refractivity contribution in [1.82, 2.24) is 5.32 Å². The summed E-state index contributed by atoms with van der Waals surface area (Å²) in [6, 6.07) is -1.19. The molecule has 1 aliphatic rings. The Hall–Kier alpha value is -1.67. The molecule has 1 fully saturated rings. The van der Waals surface area contributed by atoms with Crippen LogP contribution in [-0.2, 0) is 14.3 Å². The van der Waals surface area contributed by atoms with Gasteiger partial charge in [0.1, 0.15) is 36.6 Å². The summed E-state index contributed by atoms with van der Waals surface area (Å²) in [5.41, 5.74) is 0. The van der Waals surface area contributed by atoms with Gasteiger partial charge in [-0.05, 0) is 64.2 Å². The Morgan fingerprint density at radius 1 is 0.493 bits per heavy atom. The molecular weight excluding hydrogens is 871 g/mol. The van der Waals surface area contributed by atoms with Gasteiger partial charge in [0.2, 0.25) is 5.91 Å². The van der Waals surface area contributed by atoms with Gasteiger partial charge in [-0.3, -0.25) is 4.79 Å². The first kappa shape index (κ1) is 65.3. The fourth-order valence-corrected chi connectivity index (χ4v) is 9.18. The van der Waals surface area contributed by atoms with Crippen LogP contribution in [0, 0.1) is 0 Å². The average Bonchev–Trinajstić information content (AvgIpc) is 3.35. The number of unbranched alkanes of at least 4 members (excludes halogenated alkanes) is 31. The minimum atomic E-state index is -1.67. The van der Waals surface area contributed by atoms with Crippen LogP contribution in [0.5, 0.6) is 0 Å². The number of hydrogen-bond acceptors (Lipinski definition) is 10. The zero-order valence-electron chi connectivity index (χ0n) is 44.3. The van der Waals surface area contributed by atoms with Crippen molar-refractivity contribution in [3.8, 4) is 0 Å². The molecular formula is C58H109NO10. The molecule has 0 bridgehead atoms. The molecule has 1 rings (SSSR count). The third kappa shape index (κ3) is 36.0. The van der Waals surface area contributed by atoms with E-state index in [1.165, 1.54) is 167 Å². The normalized spacial score (nSPS) is 20.6. The van der Waals surface area contributed by atoms with Crippen molar-refractivity contribution in [3.63, 3.8) is 0 Å². The number of carbonyl (C=O) groups excluding carboxylic acids is 1. The molecule has 1 saturated heterocycles. The number of hydrogen-bond donors (Lipinski definition) is 8. The van der Waals surface area contributed by atoms with E-state index in [2.05, 4.69) is 55.6 Å². The van der Waals surface area contributed by atoms with E-state index in [1.807, 2.05) is 0 Å². The number of ether oxygens (including phenoxy) is 2. The molecule has 0 spiro atoms. The summed E-state index contributed by atoms with van der Waals surface area (Å²) in [4.78, 5) is 13.2. The first-order valence-corrected chi connectivity index (χ1v) is 28.9. The van der Waals surface area contributed by atoms with Crippen LogP contribution in [0.1, 0.15) is 258 Å². The van der Waals surface area contributed by atoms with Gasteiger partial charge in [-0.1, -0.05) is 230 Å². The van der Waals surface area contributed by atoms with Crippen LogP contribution in [0.25, 0.3) is 0 Å². The summed E-state index contributed by atoms with van der Waals surface area (Å²) in [5, 5.41) is 76.0. The number of allylic oxidation sites excluding steroid dienone is 6. The van der Waals surface area contributed by atoms with E-state index in [4.69, 9.17) is 9.47 Å². The van der Waals surface area contributed by atoms with Gasteiger partial charge in [-0.25, -0.2) is 0 Å². The van der Waals surface area contributed by atoms with Gasteiger partial charge in [0.05, 0.1) is 25.4 Å². The molecule has 0 aliphatic carbocycles. The summed E-state index contributed by atoms with van der Waals surface area (Å²) in [7, 11) is 0. The molecule has 0 aromatic rings. The minimum absolute atomic E-state index is 0.243. The Kier molecular flexibility index (Phi) is 44.8. The van der Waals surface area contributed by atoms with Crippen LogP contribution in [0.15, 0.2) is 36.5 Å². The van der Waals surface area contributed by atoms with Crippen molar-refractivity contribution < 1.29 is 50.0 Å².